The number of hydrogen-bond donors (Lipinski definition) is 2. The first-order valence-electron chi connectivity index (χ1n) is 8.60. The molecule has 0 spiro atoms. The quantitative estimate of drug-likeness (QED) is 0.806. The maximum Gasteiger partial charge on any atom is 0.242 e. The number of piperazine rings is 1. The maximum absolute atomic E-state index is 12.3. The number of ether oxygens (including phenoxy) is 1. The predicted octanol–water partition coefficient (Wildman–Crippen LogP) is 1.74. The van der Waals surface area contributed by atoms with Crippen LogP contribution in [0.2, 0.25) is 0 Å². The molecule has 1 aliphatic rings. The molecule has 2 aromatic rings. The minimum Gasteiger partial charge on any atom is -0.389 e. The standard InChI is InChI=1S/C20H24N2O3/c23-18(15-25-14-16-7-3-1-4-8-16)13-22-12-11-21-20(24)19(22)17-9-5-2-6-10-17/h1-10,18-19,23H,11-15H2,(H,21,24)/t18-,19-/m1/s1. The van der Waals surface area contributed by atoms with Crippen LogP contribution in [0, 0.1) is 0 Å². The van der Waals surface area contributed by atoms with Crippen molar-refractivity contribution in [3.63, 3.8) is 0 Å². The number of amides is 1. The van der Waals surface area contributed by atoms with E-state index in [1.54, 1.807) is 0 Å². The molecule has 5 heteroatoms. The van der Waals surface area contributed by atoms with E-state index in [0.717, 1.165) is 11.1 Å². The number of nitrogens with zero attached hydrogens (tertiary/aromatic N) is 1. The fraction of sp³-hybridized carbons (Fsp3) is 0.350. The summed E-state index contributed by atoms with van der Waals surface area (Å²) in [5.74, 6) is -0.0187. The summed E-state index contributed by atoms with van der Waals surface area (Å²) in [5, 5.41) is 13.2. The molecule has 132 valence electrons. The topological polar surface area (TPSA) is 61.8 Å². The van der Waals surface area contributed by atoms with Crippen LogP contribution in [-0.2, 0) is 16.1 Å². The first kappa shape index (κ1) is 17.6. The highest BCUT2D eigenvalue weighted by Crippen LogP contribution is 2.23. The number of rotatable bonds is 7. The Morgan fingerprint density at radius 3 is 2.52 bits per heavy atom. The van der Waals surface area contributed by atoms with Gasteiger partial charge in [0.25, 0.3) is 0 Å². The Hall–Kier alpha value is -2.21. The molecular formula is C20H24N2O3. The summed E-state index contributed by atoms with van der Waals surface area (Å²) in [6.07, 6.45) is -0.638. The fourth-order valence-corrected chi connectivity index (χ4v) is 3.12. The molecule has 1 saturated heterocycles. The SMILES string of the molecule is O=C1NCCN(C[C@@H](O)COCc2ccccc2)[C@@H]1c1ccccc1. The van der Waals surface area contributed by atoms with Crippen LogP contribution in [0.25, 0.3) is 0 Å². The van der Waals surface area contributed by atoms with E-state index in [-0.39, 0.29) is 18.6 Å². The van der Waals surface area contributed by atoms with Gasteiger partial charge < -0.3 is 15.2 Å². The van der Waals surface area contributed by atoms with Crippen LogP contribution < -0.4 is 5.32 Å². The van der Waals surface area contributed by atoms with Crippen molar-refractivity contribution in [3.8, 4) is 0 Å². The highest BCUT2D eigenvalue weighted by atomic mass is 16.5. The number of aliphatic hydroxyl groups excluding tert-OH is 1. The molecule has 0 radical (unpaired) electrons. The van der Waals surface area contributed by atoms with E-state index in [1.165, 1.54) is 0 Å². The average molecular weight is 340 g/mol. The van der Waals surface area contributed by atoms with Crippen molar-refractivity contribution in [1.29, 1.82) is 0 Å². The highest BCUT2D eigenvalue weighted by molar-refractivity contribution is 5.83. The number of carbonyl (C=O) groups is 1. The number of aliphatic hydroxyl groups is 1. The van der Waals surface area contributed by atoms with Gasteiger partial charge in [-0.3, -0.25) is 9.69 Å². The molecule has 0 saturated carbocycles. The second kappa shape index (κ2) is 8.76. The molecular weight excluding hydrogens is 316 g/mol. The number of hydrogen-bond acceptors (Lipinski definition) is 4. The minimum atomic E-state index is -0.638. The first-order chi connectivity index (χ1) is 12.2. The maximum atomic E-state index is 12.3. The van der Waals surface area contributed by atoms with Crippen molar-refractivity contribution >= 4 is 5.91 Å². The van der Waals surface area contributed by atoms with Crippen molar-refractivity contribution in [2.45, 2.75) is 18.8 Å². The second-order valence-electron chi connectivity index (χ2n) is 6.25. The van der Waals surface area contributed by atoms with E-state index in [9.17, 15) is 9.90 Å². The zero-order valence-electron chi connectivity index (χ0n) is 14.2. The van der Waals surface area contributed by atoms with Crippen LogP contribution in [0.4, 0.5) is 0 Å². The third-order valence-corrected chi connectivity index (χ3v) is 4.29. The third-order valence-electron chi connectivity index (χ3n) is 4.29. The monoisotopic (exact) mass is 340 g/mol. The van der Waals surface area contributed by atoms with E-state index in [1.807, 2.05) is 65.6 Å². The summed E-state index contributed by atoms with van der Waals surface area (Å²) in [7, 11) is 0. The Balaban J connectivity index is 1.55. The van der Waals surface area contributed by atoms with Gasteiger partial charge in [-0.05, 0) is 11.1 Å². The van der Waals surface area contributed by atoms with E-state index >= 15 is 0 Å². The summed E-state index contributed by atoms with van der Waals surface area (Å²) in [5.41, 5.74) is 2.02. The largest absolute Gasteiger partial charge is 0.389 e. The van der Waals surface area contributed by atoms with Gasteiger partial charge in [0.05, 0.1) is 19.3 Å². The lowest BCUT2D eigenvalue weighted by atomic mass is 10.0. The number of nitrogens with one attached hydrogen (secondary N) is 1. The molecule has 5 nitrogen and oxygen atoms in total. The Kier molecular flexibility index (Phi) is 6.17. The van der Waals surface area contributed by atoms with Crippen molar-refractivity contribution in [3.05, 3.63) is 71.8 Å². The Morgan fingerprint density at radius 1 is 1.12 bits per heavy atom. The van der Waals surface area contributed by atoms with E-state index in [0.29, 0.717) is 26.2 Å². The first-order valence-corrected chi connectivity index (χ1v) is 8.60. The van der Waals surface area contributed by atoms with Crippen LogP contribution >= 0.6 is 0 Å². The molecule has 3 rings (SSSR count). The van der Waals surface area contributed by atoms with E-state index < -0.39 is 6.10 Å². The summed E-state index contributed by atoms with van der Waals surface area (Å²) in [6, 6.07) is 19.2. The Morgan fingerprint density at radius 2 is 1.80 bits per heavy atom. The molecule has 2 N–H and O–H groups in total. The van der Waals surface area contributed by atoms with Gasteiger partial charge in [0, 0.05) is 19.6 Å². The van der Waals surface area contributed by atoms with Crippen LogP contribution in [-0.4, -0.2) is 48.3 Å². The molecule has 0 bridgehead atoms. The molecule has 0 aromatic heterocycles. The molecule has 0 aliphatic carbocycles. The molecule has 1 heterocycles. The van der Waals surface area contributed by atoms with Gasteiger partial charge in [-0.15, -0.1) is 0 Å². The van der Waals surface area contributed by atoms with Gasteiger partial charge in [-0.25, -0.2) is 0 Å². The summed E-state index contributed by atoms with van der Waals surface area (Å²) >= 11 is 0. The number of carbonyl (C=O) groups excluding carboxylic acids is 1. The van der Waals surface area contributed by atoms with Gasteiger partial charge in [0.2, 0.25) is 5.91 Å². The Labute approximate surface area is 148 Å². The number of benzene rings is 2. The van der Waals surface area contributed by atoms with Gasteiger partial charge >= 0.3 is 0 Å². The number of β-amino-alcohol motifs (C(OH)–C–C–N with tert-alkyl or cyclic N) is 1. The molecule has 0 unspecified atom stereocenters. The van der Waals surface area contributed by atoms with Crippen molar-refractivity contribution < 1.29 is 14.6 Å². The van der Waals surface area contributed by atoms with Crippen molar-refractivity contribution in [2.24, 2.45) is 0 Å². The lowest BCUT2D eigenvalue weighted by Crippen LogP contribution is -2.52. The molecule has 1 amide bonds. The predicted molar refractivity (Wildman–Crippen MR) is 95.9 cm³/mol. The van der Waals surface area contributed by atoms with Gasteiger partial charge in [0.15, 0.2) is 0 Å². The molecule has 1 aliphatic heterocycles. The third kappa shape index (κ3) is 4.89. The van der Waals surface area contributed by atoms with Crippen molar-refractivity contribution in [1.82, 2.24) is 10.2 Å². The summed E-state index contributed by atoms with van der Waals surface area (Å²) in [6.45, 7) is 2.43. The highest BCUT2D eigenvalue weighted by Gasteiger charge is 2.31. The molecule has 2 atom stereocenters. The second-order valence-corrected chi connectivity index (χ2v) is 6.25. The van der Waals surface area contributed by atoms with Gasteiger partial charge in [-0.1, -0.05) is 60.7 Å². The summed E-state index contributed by atoms with van der Waals surface area (Å²) in [4.78, 5) is 14.3. The van der Waals surface area contributed by atoms with E-state index in [2.05, 4.69) is 5.32 Å². The lowest BCUT2D eigenvalue weighted by molar-refractivity contribution is -0.130. The zero-order chi connectivity index (χ0) is 17.5. The zero-order valence-corrected chi connectivity index (χ0v) is 14.2. The summed E-state index contributed by atoms with van der Waals surface area (Å²) < 4.78 is 5.61. The van der Waals surface area contributed by atoms with Crippen LogP contribution in [0.5, 0.6) is 0 Å². The Bertz CT molecular complexity index is 663. The lowest BCUT2D eigenvalue weighted by Gasteiger charge is -2.36. The smallest absolute Gasteiger partial charge is 0.242 e. The van der Waals surface area contributed by atoms with Crippen LogP contribution in [0.15, 0.2) is 60.7 Å². The minimum absolute atomic E-state index is 0.0187. The van der Waals surface area contributed by atoms with E-state index in [4.69, 9.17) is 4.74 Å². The molecule has 25 heavy (non-hydrogen) atoms. The van der Waals surface area contributed by atoms with Gasteiger partial charge in [0.1, 0.15) is 6.04 Å². The van der Waals surface area contributed by atoms with Crippen molar-refractivity contribution in [2.75, 3.05) is 26.2 Å². The van der Waals surface area contributed by atoms with Crippen LogP contribution in [0.1, 0.15) is 17.2 Å². The fourth-order valence-electron chi connectivity index (χ4n) is 3.12. The van der Waals surface area contributed by atoms with Gasteiger partial charge in [-0.2, -0.15) is 0 Å². The van der Waals surface area contributed by atoms with Crippen LogP contribution in [0.3, 0.4) is 0 Å². The molecule has 2 aromatic carbocycles. The average Bonchev–Trinajstić information content (AvgIpc) is 2.63. The normalized spacial score (nSPS) is 19.4. The molecule has 1 fully saturated rings.